The normalized spacial score (nSPS) is 10.2. The maximum Gasteiger partial charge on any atom is 0.323 e. The van der Waals surface area contributed by atoms with Gasteiger partial charge in [-0.05, 0) is 19.3 Å². The molecule has 0 spiro atoms. The van der Waals surface area contributed by atoms with Gasteiger partial charge in [0, 0.05) is 13.0 Å². The Bertz CT molecular complexity index is 289. The van der Waals surface area contributed by atoms with Crippen molar-refractivity contribution in [2.24, 2.45) is 0 Å². The van der Waals surface area contributed by atoms with Gasteiger partial charge in [-0.2, -0.15) is 0 Å². The molecule has 0 radical (unpaired) electrons. The Morgan fingerprint density at radius 3 is 2.35 bits per heavy atom. The fraction of sp³-hybridized carbons (Fsp3) is 0.750. The van der Waals surface area contributed by atoms with E-state index < -0.39 is 5.97 Å². The molecule has 0 aliphatic rings. The lowest BCUT2D eigenvalue weighted by molar-refractivity contribution is -0.144. The van der Waals surface area contributed by atoms with Crippen molar-refractivity contribution in [3.63, 3.8) is 0 Å². The molecule has 4 heteroatoms. The van der Waals surface area contributed by atoms with Crippen LogP contribution in [0.1, 0.15) is 64.7 Å². The highest BCUT2D eigenvalue weighted by Gasteiger charge is 2.15. The van der Waals surface area contributed by atoms with E-state index >= 15 is 0 Å². The van der Waals surface area contributed by atoms with Crippen LogP contribution in [-0.2, 0) is 9.59 Å². The molecule has 0 heterocycles. The van der Waals surface area contributed by atoms with E-state index in [1.165, 1.54) is 30.6 Å². The Kier molecular flexibility index (Phi) is 11.9. The van der Waals surface area contributed by atoms with E-state index in [4.69, 9.17) is 5.11 Å². The number of aliphatic carboxylic acids is 1. The van der Waals surface area contributed by atoms with Crippen molar-refractivity contribution in [3.8, 4) is 0 Å². The number of hydrogen-bond acceptors (Lipinski definition) is 2. The summed E-state index contributed by atoms with van der Waals surface area (Å²) < 4.78 is 0. The molecule has 20 heavy (non-hydrogen) atoms. The number of hydrogen-bond donors (Lipinski definition) is 1. The van der Waals surface area contributed by atoms with E-state index in [9.17, 15) is 9.59 Å². The zero-order valence-electron chi connectivity index (χ0n) is 12.8. The van der Waals surface area contributed by atoms with Gasteiger partial charge in [-0.1, -0.05) is 45.1 Å². The lowest BCUT2D eigenvalue weighted by Crippen LogP contribution is -2.36. The highest BCUT2D eigenvalue weighted by molar-refractivity contribution is 5.81. The first kappa shape index (κ1) is 18.7. The molecule has 0 saturated carbocycles. The quantitative estimate of drug-likeness (QED) is 0.415. The average molecular weight is 283 g/mol. The first-order valence-corrected chi connectivity index (χ1v) is 7.72. The van der Waals surface area contributed by atoms with E-state index in [1.54, 1.807) is 6.08 Å². The summed E-state index contributed by atoms with van der Waals surface area (Å²) in [6.07, 6.45) is 10.5. The molecule has 0 fully saturated rings. The number of carboxylic acid groups (broad SMARTS) is 1. The molecule has 0 aromatic rings. The van der Waals surface area contributed by atoms with Gasteiger partial charge in [-0.3, -0.25) is 9.59 Å². The third-order valence-corrected chi connectivity index (χ3v) is 3.26. The number of rotatable bonds is 13. The van der Waals surface area contributed by atoms with Crippen LogP contribution in [0.15, 0.2) is 12.7 Å². The van der Waals surface area contributed by atoms with E-state index in [0.29, 0.717) is 13.0 Å². The molecule has 0 atom stereocenters. The topological polar surface area (TPSA) is 57.6 Å². The molecule has 0 aromatic heterocycles. The average Bonchev–Trinajstić information content (AvgIpc) is 2.41. The lowest BCUT2D eigenvalue weighted by Gasteiger charge is -2.20. The zero-order chi connectivity index (χ0) is 15.2. The number of nitrogens with zero attached hydrogens (tertiary/aromatic N) is 1. The second-order valence-electron chi connectivity index (χ2n) is 5.16. The highest BCUT2D eigenvalue weighted by atomic mass is 16.4. The number of carbonyl (C=O) groups is 2. The first-order valence-electron chi connectivity index (χ1n) is 7.72. The molecule has 116 valence electrons. The number of carboxylic acids is 1. The predicted molar refractivity (Wildman–Crippen MR) is 81.6 cm³/mol. The highest BCUT2D eigenvalue weighted by Crippen LogP contribution is 2.08. The summed E-state index contributed by atoms with van der Waals surface area (Å²) in [7, 11) is 0. The number of unbranched alkanes of at least 4 members (excludes halogenated alkanes) is 6. The van der Waals surface area contributed by atoms with Gasteiger partial charge in [0.05, 0.1) is 0 Å². The molecule has 4 nitrogen and oxygen atoms in total. The Morgan fingerprint density at radius 2 is 1.75 bits per heavy atom. The summed E-state index contributed by atoms with van der Waals surface area (Å²) in [4.78, 5) is 24.2. The van der Waals surface area contributed by atoms with E-state index in [1.807, 2.05) is 0 Å². The third kappa shape index (κ3) is 10.6. The van der Waals surface area contributed by atoms with Crippen molar-refractivity contribution < 1.29 is 14.7 Å². The molecule has 0 bridgehead atoms. The van der Waals surface area contributed by atoms with Crippen LogP contribution < -0.4 is 0 Å². The summed E-state index contributed by atoms with van der Waals surface area (Å²) in [5, 5.41) is 8.87. The summed E-state index contributed by atoms with van der Waals surface area (Å²) in [5.41, 5.74) is 0. The van der Waals surface area contributed by atoms with Crippen LogP contribution in [0.5, 0.6) is 0 Å². The number of carbonyl (C=O) groups excluding carboxylic acids is 1. The van der Waals surface area contributed by atoms with Gasteiger partial charge in [-0.25, -0.2) is 0 Å². The van der Waals surface area contributed by atoms with Gasteiger partial charge in [0.1, 0.15) is 6.54 Å². The maximum atomic E-state index is 11.9. The van der Waals surface area contributed by atoms with Crippen LogP contribution in [0.3, 0.4) is 0 Å². The fourth-order valence-electron chi connectivity index (χ4n) is 2.09. The van der Waals surface area contributed by atoms with E-state index in [2.05, 4.69) is 13.5 Å². The van der Waals surface area contributed by atoms with Crippen molar-refractivity contribution in [2.45, 2.75) is 64.7 Å². The van der Waals surface area contributed by atoms with Crippen molar-refractivity contribution in [2.75, 3.05) is 13.1 Å². The van der Waals surface area contributed by atoms with Crippen molar-refractivity contribution >= 4 is 11.9 Å². The second kappa shape index (κ2) is 12.7. The minimum atomic E-state index is -0.937. The summed E-state index contributed by atoms with van der Waals surface area (Å²) in [6, 6.07) is 0. The van der Waals surface area contributed by atoms with Gasteiger partial charge < -0.3 is 10.0 Å². The van der Waals surface area contributed by atoms with Crippen molar-refractivity contribution in [1.29, 1.82) is 0 Å². The molecule has 0 unspecified atom stereocenters. The van der Waals surface area contributed by atoms with Crippen LogP contribution in [0.2, 0.25) is 0 Å². The molecule has 1 N–H and O–H groups in total. The Morgan fingerprint density at radius 1 is 1.10 bits per heavy atom. The Balaban J connectivity index is 3.97. The largest absolute Gasteiger partial charge is 0.480 e. The summed E-state index contributed by atoms with van der Waals surface area (Å²) in [5.74, 6) is -0.990. The van der Waals surface area contributed by atoms with Gasteiger partial charge in [-0.15, -0.1) is 6.58 Å². The van der Waals surface area contributed by atoms with Crippen molar-refractivity contribution in [3.05, 3.63) is 12.7 Å². The monoisotopic (exact) mass is 283 g/mol. The number of amides is 1. The smallest absolute Gasteiger partial charge is 0.323 e. The third-order valence-electron chi connectivity index (χ3n) is 3.26. The van der Waals surface area contributed by atoms with Gasteiger partial charge in [0.2, 0.25) is 5.91 Å². The first-order chi connectivity index (χ1) is 9.61. The molecule has 0 saturated heterocycles. The van der Waals surface area contributed by atoms with E-state index in [-0.39, 0.29) is 12.5 Å². The lowest BCUT2D eigenvalue weighted by atomic mass is 10.1. The molecular formula is C16H29NO3. The molecule has 1 amide bonds. The standard InChI is InChI=1S/C16H29NO3/c1-3-5-7-8-9-11-13-17(14-16(19)20)15(18)12-10-6-4-2/h4H,2-3,5-14H2,1H3,(H,19,20). The Labute approximate surface area is 122 Å². The van der Waals surface area contributed by atoms with Crippen LogP contribution in [0.25, 0.3) is 0 Å². The fourth-order valence-corrected chi connectivity index (χ4v) is 2.09. The summed E-state index contributed by atoms with van der Waals surface area (Å²) in [6.45, 7) is 6.18. The van der Waals surface area contributed by atoms with Crippen LogP contribution >= 0.6 is 0 Å². The predicted octanol–water partition coefficient (Wildman–Crippen LogP) is 3.62. The summed E-state index contributed by atoms with van der Waals surface area (Å²) >= 11 is 0. The minimum absolute atomic E-state index is 0.0530. The van der Waals surface area contributed by atoms with E-state index in [0.717, 1.165) is 25.7 Å². The molecule has 0 aliphatic carbocycles. The second-order valence-corrected chi connectivity index (χ2v) is 5.16. The van der Waals surface area contributed by atoms with Gasteiger partial charge in [0.15, 0.2) is 0 Å². The number of allylic oxidation sites excluding steroid dienone is 1. The molecule has 0 aromatic carbocycles. The van der Waals surface area contributed by atoms with Crippen molar-refractivity contribution in [1.82, 2.24) is 4.90 Å². The van der Waals surface area contributed by atoms with Gasteiger partial charge in [0.25, 0.3) is 0 Å². The SMILES string of the molecule is C=CCCCC(=O)N(CCCCCCCC)CC(=O)O. The Hall–Kier alpha value is -1.32. The molecule has 0 aliphatic heterocycles. The van der Waals surface area contributed by atoms with Crippen LogP contribution in [0, 0.1) is 0 Å². The van der Waals surface area contributed by atoms with Crippen LogP contribution in [-0.4, -0.2) is 35.0 Å². The molecule has 0 rings (SSSR count). The minimum Gasteiger partial charge on any atom is -0.480 e. The van der Waals surface area contributed by atoms with Crippen LogP contribution in [0.4, 0.5) is 0 Å². The molecular weight excluding hydrogens is 254 g/mol. The maximum absolute atomic E-state index is 11.9. The van der Waals surface area contributed by atoms with Gasteiger partial charge >= 0.3 is 5.97 Å². The zero-order valence-corrected chi connectivity index (χ0v) is 12.8.